The predicted molar refractivity (Wildman–Crippen MR) is 63.3 cm³/mol. The fourth-order valence-corrected chi connectivity index (χ4v) is 1.68. The molecule has 0 bridgehead atoms. The third-order valence-corrected chi connectivity index (χ3v) is 2.56. The van der Waals surface area contributed by atoms with Gasteiger partial charge in [0.1, 0.15) is 5.82 Å². The fourth-order valence-electron chi connectivity index (χ4n) is 1.68. The fraction of sp³-hybridized carbons (Fsp3) is 0.364. The van der Waals surface area contributed by atoms with Crippen molar-refractivity contribution < 1.29 is 9.18 Å². The Labute approximate surface area is 99.8 Å². The summed E-state index contributed by atoms with van der Waals surface area (Å²) in [5.74, 6) is -0.536. The molecular formula is C11H14ClFN2O. The number of benzene rings is 1. The van der Waals surface area contributed by atoms with Crippen LogP contribution in [0.1, 0.15) is 6.42 Å². The van der Waals surface area contributed by atoms with Gasteiger partial charge in [-0.3, -0.25) is 4.79 Å². The van der Waals surface area contributed by atoms with Crippen LogP contribution in [0.4, 0.5) is 10.1 Å². The molecule has 1 amide bonds. The molecule has 1 heterocycles. The maximum Gasteiger partial charge on any atom is 0.228 e. The second-order valence-corrected chi connectivity index (χ2v) is 3.66. The number of hydrogen-bond acceptors (Lipinski definition) is 2. The van der Waals surface area contributed by atoms with E-state index < -0.39 is 5.82 Å². The van der Waals surface area contributed by atoms with Crippen LogP contribution in [0.2, 0.25) is 0 Å². The van der Waals surface area contributed by atoms with Gasteiger partial charge < -0.3 is 10.6 Å². The van der Waals surface area contributed by atoms with E-state index in [0.717, 1.165) is 13.0 Å². The number of halogens is 2. The molecule has 1 fully saturated rings. The van der Waals surface area contributed by atoms with Crippen LogP contribution in [0.15, 0.2) is 24.3 Å². The highest BCUT2D eigenvalue weighted by Gasteiger charge is 2.22. The van der Waals surface area contributed by atoms with Gasteiger partial charge in [-0.25, -0.2) is 4.39 Å². The van der Waals surface area contributed by atoms with Gasteiger partial charge in [-0.15, -0.1) is 12.4 Å². The Kier molecular flexibility index (Phi) is 4.71. The zero-order chi connectivity index (χ0) is 10.7. The molecule has 3 nitrogen and oxygen atoms in total. The molecule has 1 atom stereocenters. The minimum Gasteiger partial charge on any atom is -0.323 e. The average molecular weight is 245 g/mol. The van der Waals surface area contributed by atoms with E-state index in [1.807, 2.05) is 0 Å². The van der Waals surface area contributed by atoms with E-state index in [0.29, 0.717) is 6.54 Å². The molecule has 2 rings (SSSR count). The molecule has 5 heteroatoms. The summed E-state index contributed by atoms with van der Waals surface area (Å²) in [6, 6.07) is 6.20. The second kappa shape index (κ2) is 5.82. The lowest BCUT2D eigenvalue weighted by Crippen LogP contribution is -2.25. The van der Waals surface area contributed by atoms with Gasteiger partial charge >= 0.3 is 0 Å². The largest absolute Gasteiger partial charge is 0.323 e. The monoisotopic (exact) mass is 244 g/mol. The lowest BCUT2D eigenvalue weighted by Gasteiger charge is -2.10. The van der Waals surface area contributed by atoms with Crippen molar-refractivity contribution in [3.63, 3.8) is 0 Å². The van der Waals surface area contributed by atoms with E-state index in [9.17, 15) is 9.18 Å². The summed E-state index contributed by atoms with van der Waals surface area (Å²) in [6.45, 7) is 1.54. The summed E-state index contributed by atoms with van der Waals surface area (Å²) >= 11 is 0. The van der Waals surface area contributed by atoms with Crippen LogP contribution in [0.5, 0.6) is 0 Å². The van der Waals surface area contributed by atoms with Crippen molar-refractivity contribution in [2.24, 2.45) is 5.92 Å². The lowest BCUT2D eigenvalue weighted by molar-refractivity contribution is -0.119. The molecular weight excluding hydrogens is 231 g/mol. The molecule has 2 N–H and O–H groups in total. The number of carbonyl (C=O) groups excluding carboxylic acids is 1. The molecule has 0 radical (unpaired) electrons. The first-order valence-electron chi connectivity index (χ1n) is 5.03. The maximum absolute atomic E-state index is 13.2. The molecule has 1 aromatic carbocycles. The molecule has 0 spiro atoms. The minimum absolute atomic E-state index is 0. The Morgan fingerprint density at radius 2 is 2.19 bits per heavy atom. The van der Waals surface area contributed by atoms with Crippen LogP contribution in [-0.2, 0) is 4.79 Å². The topological polar surface area (TPSA) is 41.1 Å². The van der Waals surface area contributed by atoms with E-state index in [2.05, 4.69) is 10.6 Å². The summed E-state index contributed by atoms with van der Waals surface area (Å²) in [6.07, 6.45) is 0.820. The smallest absolute Gasteiger partial charge is 0.228 e. The van der Waals surface area contributed by atoms with Crippen molar-refractivity contribution in [2.45, 2.75) is 6.42 Å². The molecule has 1 aliphatic heterocycles. The average Bonchev–Trinajstić information content (AvgIpc) is 2.74. The Bertz CT molecular complexity index is 367. The molecule has 88 valence electrons. The van der Waals surface area contributed by atoms with Gasteiger partial charge in [0.15, 0.2) is 0 Å². The SMILES string of the molecule is Cl.O=C(Nc1ccccc1F)C1CCNC1. The normalized spacial score (nSPS) is 18.9. The summed E-state index contributed by atoms with van der Waals surface area (Å²) < 4.78 is 13.2. The molecule has 1 aliphatic rings. The van der Waals surface area contributed by atoms with Crippen molar-refractivity contribution in [3.05, 3.63) is 30.1 Å². The van der Waals surface area contributed by atoms with Gasteiger partial charge in [0.05, 0.1) is 11.6 Å². The number of rotatable bonds is 2. The van der Waals surface area contributed by atoms with Crippen molar-refractivity contribution in [3.8, 4) is 0 Å². The Morgan fingerprint density at radius 1 is 1.44 bits per heavy atom. The Morgan fingerprint density at radius 3 is 2.81 bits per heavy atom. The quantitative estimate of drug-likeness (QED) is 0.833. The highest BCUT2D eigenvalue weighted by atomic mass is 35.5. The number of para-hydroxylation sites is 1. The summed E-state index contributed by atoms with van der Waals surface area (Å²) in [5, 5.41) is 5.70. The van der Waals surface area contributed by atoms with Crippen LogP contribution in [-0.4, -0.2) is 19.0 Å². The van der Waals surface area contributed by atoms with Gasteiger partial charge in [0, 0.05) is 6.54 Å². The number of nitrogens with one attached hydrogen (secondary N) is 2. The van der Waals surface area contributed by atoms with Crippen LogP contribution in [0.25, 0.3) is 0 Å². The van der Waals surface area contributed by atoms with E-state index in [4.69, 9.17) is 0 Å². The maximum atomic E-state index is 13.2. The standard InChI is InChI=1S/C11H13FN2O.ClH/c12-9-3-1-2-4-10(9)14-11(15)8-5-6-13-7-8;/h1-4,8,13H,5-7H2,(H,14,15);1H. The zero-order valence-electron chi connectivity index (χ0n) is 8.70. The van der Waals surface area contributed by atoms with Crippen molar-refractivity contribution in [2.75, 3.05) is 18.4 Å². The van der Waals surface area contributed by atoms with Gasteiger partial charge in [-0.05, 0) is 25.1 Å². The summed E-state index contributed by atoms with van der Waals surface area (Å²) in [4.78, 5) is 11.6. The first-order valence-corrected chi connectivity index (χ1v) is 5.03. The number of carbonyl (C=O) groups is 1. The minimum atomic E-state index is -0.392. The highest BCUT2D eigenvalue weighted by Crippen LogP contribution is 2.15. The van der Waals surface area contributed by atoms with Crippen LogP contribution in [0, 0.1) is 11.7 Å². The molecule has 16 heavy (non-hydrogen) atoms. The number of hydrogen-bond donors (Lipinski definition) is 2. The molecule has 1 saturated heterocycles. The summed E-state index contributed by atoms with van der Waals surface area (Å²) in [7, 11) is 0. The molecule has 0 aromatic heterocycles. The van der Waals surface area contributed by atoms with E-state index in [1.165, 1.54) is 6.07 Å². The number of amides is 1. The first kappa shape index (κ1) is 12.9. The first-order chi connectivity index (χ1) is 7.27. The van der Waals surface area contributed by atoms with Gasteiger partial charge in [-0.1, -0.05) is 12.1 Å². The van der Waals surface area contributed by atoms with Gasteiger partial charge in [-0.2, -0.15) is 0 Å². The molecule has 1 aromatic rings. The van der Waals surface area contributed by atoms with Gasteiger partial charge in [0.25, 0.3) is 0 Å². The second-order valence-electron chi connectivity index (χ2n) is 3.66. The molecule has 1 unspecified atom stereocenters. The third-order valence-electron chi connectivity index (χ3n) is 2.56. The Balaban J connectivity index is 0.00000128. The zero-order valence-corrected chi connectivity index (χ0v) is 9.52. The highest BCUT2D eigenvalue weighted by molar-refractivity contribution is 5.93. The lowest BCUT2D eigenvalue weighted by atomic mass is 10.1. The van der Waals surface area contributed by atoms with Crippen molar-refractivity contribution in [1.82, 2.24) is 5.32 Å². The molecule has 0 aliphatic carbocycles. The van der Waals surface area contributed by atoms with Crippen LogP contribution < -0.4 is 10.6 Å². The van der Waals surface area contributed by atoms with E-state index in [-0.39, 0.29) is 29.9 Å². The van der Waals surface area contributed by atoms with Crippen molar-refractivity contribution >= 4 is 24.0 Å². The van der Waals surface area contributed by atoms with E-state index in [1.54, 1.807) is 18.2 Å². The van der Waals surface area contributed by atoms with Crippen LogP contribution in [0.3, 0.4) is 0 Å². The van der Waals surface area contributed by atoms with Gasteiger partial charge in [0.2, 0.25) is 5.91 Å². The van der Waals surface area contributed by atoms with Crippen LogP contribution >= 0.6 is 12.4 Å². The number of anilines is 1. The third kappa shape index (κ3) is 2.93. The Hall–Kier alpha value is -1.13. The van der Waals surface area contributed by atoms with E-state index >= 15 is 0 Å². The predicted octanol–water partition coefficient (Wildman–Crippen LogP) is 1.80. The summed E-state index contributed by atoms with van der Waals surface area (Å²) in [5.41, 5.74) is 0.259. The van der Waals surface area contributed by atoms with Crippen molar-refractivity contribution in [1.29, 1.82) is 0 Å². The molecule has 0 saturated carbocycles.